The molecule has 1 N–H and O–H groups in total. The number of hydrogen-bond acceptors (Lipinski definition) is 4. The van der Waals surface area contributed by atoms with Crippen LogP contribution >= 0.6 is 0 Å². The Morgan fingerprint density at radius 3 is 2.62 bits per heavy atom. The van der Waals surface area contributed by atoms with Crippen molar-refractivity contribution < 1.29 is 0 Å². The summed E-state index contributed by atoms with van der Waals surface area (Å²) >= 11 is 0. The second-order valence-corrected chi connectivity index (χ2v) is 9.13. The first-order valence-corrected chi connectivity index (χ1v) is 11.7. The molecule has 0 saturated heterocycles. The Kier molecular flexibility index (Phi) is 5.64. The van der Waals surface area contributed by atoms with Crippen molar-refractivity contribution in [1.82, 2.24) is 19.7 Å². The van der Waals surface area contributed by atoms with Gasteiger partial charge < -0.3 is 5.32 Å². The van der Waals surface area contributed by atoms with Crippen molar-refractivity contribution in [2.45, 2.75) is 65.0 Å². The molecule has 2 heterocycles. The maximum atomic E-state index is 4.76. The second-order valence-electron chi connectivity index (χ2n) is 9.13. The number of fused-ring (bicyclic) bond motifs is 1. The lowest BCUT2D eigenvalue weighted by Gasteiger charge is -2.21. The van der Waals surface area contributed by atoms with Gasteiger partial charge in [0.15, 0.2) is 0 Å². The first-order chi connectivity index (χ1) is 15.6. The van der Waals surface area contributed by atoms with E-state index in [2.05, 4.69) is 77.5 Å². The monoisotopic (exact) mass is 425 g/mol. The molecular weight excluding hydrogens is 394 g/mol. The molecule has 1 aliphatic rings. The van der Waals surface area contributed by atoms with Crippen LogP contribution in [0, 0.1) is 13.8 Å². The van der Waals surface area contributed by atoms with Crippen molar-refractivity contribution in [3.8, 4) is 11.1 Å². The maximum absolute atomic E-state index is 4.76. The predicted octanol–water partition coefficient (Wildman–Crippen LogP) is 6.79. The number of anilines is 1. The number of nitrogens with zero attached hydrogens (tertiary/aromatic N) is 4. The highest BCUT2D eigenvalue weighted by Gasteiger charge is 2.17. The normalized spacial score (nSPS) is 15.7. The minimum atomic E-state index is 0.144. The van der Waals surface area contributed by atoms with E-state index in [0.717, 1.165) is 33.7 Å². The first kappa shape index (κ1) is 20.7. The summed E-state index contributed by atoms with van der Waals surface area (Å²) in [4.78, 5) is 9.43. The van der Waals surface area contributed by atoms with Gasteiger partial charge in [-0.15, -0.1) is 0 Å². The summed E-state index contributed by atoms with van der Waals surface area (Å²) < 4.78 is 2.17. The average Bonchev–Trinajstić information content (AvgIpc) is 3.30. The van der Waals surface area contributed by atoms with Crippen LogP contribution in [0.2, 0.25) is 0 Å². The number of aromatic nitrogens is 4. The van der Waals surface area contributed by atoms with Crippen LogP contribution in [-0.4, -0.2) is 19.7 Å². The molecule has 0 amide bonds. The molecule has 1 fully saturated rings. The van der Waals surface area contributed by atoms with Gasteiger partial charge in [0.1, 0.15) is 11.6 Å². The fraction of sp³-hybridized carbons (Fsp3) is 0.370. The summed E-state index contributed by atoms with van der Waals surface area (Å²) in [6.45, 7) is 6.25. The largest absolute Gasteiger partial charge is 0.363 e. The molecule has 0 spiro atoms. The molecule has 0 radical (unpaired) electrons. The molecule has 5 nitrogen and oxygen atoms in total. The Bertz CT molecular complexity index is 1240. The third-order valence-corrected chi connectivity index (χ3v) is 6.59. The molecule has 2 aromatic carbocycles. The summed E-state index contributed by atoms with van der Waals surface area (Å²) in [5, 5.41) is 9.37. The van der Waals surface area contributed by atoms with Crippen molar-refractivity contribution >= 4 is 16.7 Å². The van der Waals surface area contributed by atoms with Crippen molar-refractivity contribution in [2.24, 2.45) is 0 Å². The van der Waals surface area contributed by atoms with Crippen molar-refractivity contribution in [3.05, 3.63) is 71.8 Å². The zero-order valence-corrected chi connectivity index (χ0v) is 19.2. The van der Waals surface area contributed by atoms with Gasteiger partial charge in [-0.3, -0.25) is 4.68 Å². The van der Waals surface area contributed by atoms with Crippen LogP contribution in [0.1, 0.15) is 68.1 Å². The number of nitrogens with one attached hydrogen (secondary N) is 1. The molecule has 1 aliphatic carbocycles. The van der Waals surface area contributed by atoms with Gasteiger partial charge in [-0.05, 0) is 56.9 Å². The van der Waals surface area contributed by atoms with E-state index in [4.69, 9.17) is 10.1 Å². The zero-order valence-electron chi connectivity index (χ0n) is 19.2. The van der Waals surface area contributed by atoms with E-state index in [1.165, 1.54) is 43.2 Å². The van der Waals surface area contributed by atoms with Gasteiger partial charge in [-0.1, -0.05) is 55.2 Å². The lowest BCUT2D eigenvalue weighted by molar-refractivity contribution is 0.329. The Morgan fingerprint density at radius 1 is 0.969 bits per heavy atom. The van der Waals surface area contributed by atoms with E-state index in [1.807, 2.05) is 13.1 Å². The maximum Gasteiger partial charge on any atom is 0.138 e. The molecule has 0 unspecified atom stereocenters. The van der Waals surface area contributed by atoms with E-state index in [-0.39, 0.29) is 6.04 Å². The summed E-state index contributed by atoms with van der Waals surface area (Å²) in [6.07, 6.45) is 10.6. The van der Waals surface area contributed by atoms with Gasteiger partial charge in [-0.2, -0.15) is 5.10 Å². The second kappa shape index (κ2) is 8.73. The Labute approximate surface area is 189 Å². The molecule has 2 aromatic heterocycles. The highest BCUT2D eigenvalue weighted by molar-refractivity contribution is 5.92. The Hall–Kier alpha value is -3.21. The summed E-state index contributed by atoms with van der Waals surface area (Å²) in [5.41, 5.74) is 5.77. The smallest absolute Gasteiger partial charge is 0.138 e. The number of hydrogen-bond donors (Lipinski definition) is 1. The van der Waals surface area contributed by atoms with Crippen molar-refractivity contribution in [1.29, 1.82) is 0 Å². The minimum absolute atomic E-state index is 0.144. The standard InChI is InChI=1S/C27H31N5/c1-18-8-7-9-21(14-18)19(2)29-27-25-15-22(12-13-26(25)30-20(3)31-27)23-16-28-32(17-23)24-10-5-4-6-11-24/h7-9,12-17,19,24H,4-6,10-11H2,1-3H3,(H,29,30,31)/t19-/m1/s1. The quantitative estimate of drug-likeness (QED) is 0.382. The topological polar surface area (TPSA) is 55.6 Å². The molecule has 1 atom stereocenters. The minimum Gasteiger partial charge on any atom is -0.363 e. The highest BCUT2D eigenvalue weighted by atomic mass is 15.3. The molecule has 164 valence electrons. The van der Waals surface area contributed by atoms with Crippen molar-refractivity contribution in [2.75, 3.05) is 5.32 Å². The third-order valence-electron chi connectivity index (χ3n) is 6.59. The van der Waals surface area contributed by atoms with Crippen LogP contribution in [0.25, 0.3) is 22.0 Å². The van der Waals surface area contributed by atoms with Gasteiger partial charge in [0, 0.05) is 23.2 Å². The van der Waals surface area contributed by atoms with E-state index in [9.17, 15) is 0 Å². The summed E-state index contributed by atoms with van der Waals surface area (Å²) in [5.74, 6) is 1.65. The Balaban J connectivity index is 1.48. The first-order valence-electron chi connectivity index (χ1n) is 11.7. The van der Waals surface area contributed by atoms with Crippen LogP contribution in [-0.2, 0) is 0 Å². The van der Waals surface area contributed by atoms with Gasteiger partial charge in [0.2, 0.25) is 0 Å². The number of aryl methyl sites for hydroxylation is 2. The predicted molar refractivity (Wildman–Crippen MR) is 131 cm³/mol. The summed E-state index contributed by atoms with van der Waals surface area (Å²) in [6, 6.07) is 15.7. The fourth-order valence-corrected chi connectivity index (χ4v) is 4.79. The fourth-order valence-electron chi connectivity index (χ4n) is 4.79. The molecule has 0 bridgehead atoms. The van der Waals surface area contributed by atoms with E-state index < -0.39 is 0 Å². The Morgan fingerprint density at radius 2 is 1.81 bits per heavy atom. The van der Waals surface area contributed by atoms with Crippen LogP contribution in [0.3, 0.4) is 0 Å². The molecule has 4 aromatic rings. The molecule has 1 saturated carbocycles. The molecule has 32 heavy (non-hydrogen) atoms. The third kappa shape index (κ3) is 4.24. The lowest BCUT2D eigenvalue weighted by Crippen LogP contribution is -2.12. The average molecular weight is 426 g/mol. The molecule has 5 heteroatoms. The van der Waals surface area contributed by atoms with E-state index in [1.54, 1.807) is 0 Å². The van der Waals surface area contributed by atoms with Crippen LogP contribution in [0.15, 0.2) is 54.9 Å². The van der Waals surface area contributed by atoms with Gasteiger partial charge >= 0.3 is 0 Å². The van der Waals surface area contributed by atoms with Crippen LogP contribution in [0.4, 0.5) is 5.82 Å². The van der Waals surface area contributed by atoms with E-state index in [0.29, 0.717) is 6.04 Å². The van der Waals surface area contributed by atoms with Gasteiger partial charge in [0.25, 0.3) is 0 Å². The molecule has 0 aliphatic heterocycles. The molecule has 5 rings (SSSR count). The van der Waals surface area contributed by atoms with Crippen molar-refractivity contribution in [3.63, 3.8) is 0 Å². The SMILES string of the molecule is Cc1cccc([C@@H](C)Nc2nc(C)nc3ccc(-c4cnn(C5CCCCC5)c4)cc23)c1. The van der Waals surface area contributed by atoms with E-state index >= 15 is 0 Å². The van der Waals surface area contributed by atoms with Crippen LogP contribution < -0.4 is 5.32 Å². The van der Waals surface area contributed by atoms with Gasteiger partial charge in [-0.25, -0.2) is 9.97 Å². The number of rotatable bonds is 5. The number of benzene rings is 2. The molecular formula is C27H31N5. The summed E-state index contributed by atoms with van der Waals surface area (Å²) in [7, 11) is 0. The van der Waals surface area contributed by atoms with Gasteiger partial charge in [0.05, 0.1) is 17.8 Å². The highest BCUT2D eigenvalue weighted by Crippen LogP contribution is 2.32. The zero-order chi connectivity index (χ0) is 22.1. The lowest BCUT2D eigenvalue weighted by atomic mass is 9.96. The van der Waals surface area contributed by atoms with Crippen LogP contribution in [0.5, 0.6) is 0 Å².